The summed E-state index contributed by atoms with van der Waals surface area (Å²) in [5.74, 6) is -0.482. The number of fused-ring (bicyclic) bond motifs is 1. The number of benzene rings is 1. The molecule has 0 spiro atoms. The second-order valence-electron chi connectivity index (χ2n) is 3.38. The van der Waals surface area contributed by atoms with Gasteiger partial charge >= 0.3 is 0 Å². The van der Waals surface area contributed by atoms with Gasteiger partial charge in [-0.15, -0.1) is 6.58 Å². The average Bonchev–Trinajstić information content (AvgIpc) is 2.17. The number of carbonyl (C=O) groups excluding carboxylic acids is 1. The fourth-order valence-electron chi connectivity index (χ4n) is 1.65. The lowest BCUT2D eigenvalue weighted by molar-refractivity contribution is -0.115. The smallest absolute Gasteiger partial charge is 0.243 e. The van der Waals surface area contributed by atoms with Gasteiger partial charge in [0, 0.05) is 6.54 Å². The average molecular weight is 206 g/mol. The second-order valence-corrected chi connectivity index (χ2v) is 3.38. The summed E-state index contributed by atoms with van der Waals surface area (Å²) in [5.41, 5.74) is 1.35. The summed E-state index contributed by atoms with van der Waals surface area (Å²) in [5, 5.41) is 2.63. The zero-order chi connectivity index (χ0) is 10.8. The maximum Gasteiger partial charge on any atom is 0.243 e. The molecule has 0 atom stereocenters. The van der Waals surface area contributed by atoms with Gasteiger partial charge in [0.15, 0.2) is 0 Å². The van der Waals surface area contributed by atoms with Gasteiger partial charge in [0.2, 0.25) is 5.91 Å². The molecular formula is C11H11FN2O. The van der Waals surface area contributed by atoms with Crippen molar-refractivity contribution in [3.63, 3.8) is 0 Å². The van der Waals surface area contributed by atoms with Gasteiger partial charge in [-0.2, -0.15) is 0 Å². The summed E-state index contributed by atoms with van der Waals surface area (Å²) in [6, 6.07) is 4.36. The molecule has 1 aliphatic heterocycles. The van der Waals surface area contributed by atoms with Crippen LogP contribution in [0.3, 0.4) is 0 Å². The molecule has 15 heavy (non-hydrogen) atoms. The minimum atomic E-state index is -0.352. The minimum absolute atomic E-state index is 0.130. The standard InChI is InChI=1S/C11H11FN2O/c1-2-5-14-7-11(15)13-9-6-8(12)3-4-10(9)14/h2-4,6H,1,5,7H2,(H,13,15). The van der Waals surface area contributed by atoms with Crippen molar-refractivity contribution in [1.82, 2.24) is 0 Å². The van der Waals surface area contributed by atoms with E-state index in [-0.39, 0.29) is 18.3 Å². The quantitative estimate of drug-likeness (QED) is 0.748. The van der Waals surface area contributed by atoms with Crippen molar-refractivity contribution in [3.05, 3.63) is 36.7 Å². The molecule has 0 fully saturated rings. The van der Waals surface area contributed by atoms with Gasteiger partial charge in [0.05, 0.1) is 17.9 Å². The fourth-order valence-corrected chi connectivity index (χ4v) is 1.65. The second kappa shape index (κ2) is 3.73. The molecule has 1 heterocycles. The van der Waals surface area contributed by atoms with Crippen LogP contribution in [-0.4, -0.2) is 19.0 Å². The number of halogens is 1. The highest BCUT2D eigenvalue weighted by Crippen LogP contribution is 2.29. The predicted octanol–water partition coefficient (Wildman–Crippen LogP) is 1.77. The van der Waals surface area contributed by atoms with Crippen molar-refractivity contribution in [1.29, 1.82) is 0 Å². The first-order valence-electron chi connectivity index (χ1n) is 4.66. The van der Waals surface area contributed by atoms with Crippen LogP contribution in [-0.2, 0) is 4.79 Å². The van der Waals surface area contributed by atoms with Crippen molar-refractivity contribution in [3.8, 4) is 0 Å². The van der Waals surface area contributed by atoms with Crippen LogP contribution < -0.4 is 10.2 Å². The Kier molecular flexibility index (Phi) is 2.41. The van der Waals surface area contributed by atoms with Gasteiger partial charge < -0.3 is 10.2 Å². The predicted molar refractivity (Wildman–Crippen MR) is 57.4 cm³/mol. The first-order chi connectivity index (χ1) is 7.20. The summed E-state index contributed by atoms with van der Waals surface area (Å²) in [4.78, 5) is 13.2. The van der Waals surface area contributed by atoms with Crippen molar-refractivity contribution >= 4 is 17.3 Å². The Hall–Kier alpha value is -1.84. The van der Waals surface area contributed by atoms with E-state index >= 15 is 0 Å². The molecule has 0 unspecified atom stereocenters. The molecule has 1 aliphatic rings. The minimum Gasteiger partial charge on any atom is -0.357 e. The summed E-state index contributed by atoms with van der Waals surface area (Å²) in [7, 11) is 0. The fraction of sp³-hybridized carbons (Fsp3) is 0.182. The molecule has 0 aliphatic carbocycles. The monoisotopic (exact) mass is 206 g/mol. The van der Waals surface area contributed by atoms with Crippen molar-refractivity contribution in [2.45, 2.75) is 0 Å². The van der Waals surface area contributed by atoms with Gasteiger partial charge in [-0.1, -0.05) is 6.08 Å². The first-order valence-corrected chi connectivity index (χ1v) is 4.66. The Morgan fingerprint density at radius 3 is 3.13 bits per heavy atom. The molecule has 78 valence electrons. The van der Waals surface area contributed by atoms with Crippen LogP contribution in [0.5, 0.6) is 0 Å². The third-order valence-corrected chi connectivity index (χ3v) is 2.26. The number of hydrogen-bond donors (Lipinski definition) is 1. The van der Waals surface area contributed by atoms with Crippen molar-refractivity contribution < 1.29 is 9.18 Å². The number of nitrogens with one attached hydrogen (secondary N) is 1. The van der Waals surface area contributed by atoms with E-state index in [9.17, 15) is 9.18 Å². The molecule has 1 amide bonds. The number of rotatable bonds is 2. The van der Waals surface area contributed by atoms with Crippen LogP contribution in [0.15, 0.2) is 30.9 Å². The van der Waals surface area contributed by atoms with Crippen LogP contribution >= 0.6 is 0 Å². The van der Waals surface area contributed by atoms with Crippen molar-refractivity contribution in [2.24, 2.45) is 0 Å². The maximum absolute atomic E-state index is 12.9. The molecule has 1 aromatic rings. The third-order valence-electron chi connectivity index (χ3n) is 2.26. The molecule has 0 bridgehead atoms. The zero-order valence-corrected chi connectivity index (χ0v) is 8.16. The molecule has 4 heteroatoms. The lowest BCUT2D eigenvalue weighted by atomic mass is 10.2. The van der Waals surface area contributed by atoms with E-state index < -0.39 is 0 Å². The van der Waals surface area contributed by atoms with E-state index in [1.54, 1.807) is 12.1 Å². The van der Waals surface area contributed by atoms with Crippen LogP contribution in [0.2, 0.25) is 0 Å². The van der Waals surface area contributed by atoms with Crippen LogP contribution in [0, 0.1) is 5.82 Å². The lowest BCUT2D eigenvalue weighted by Gasteiger charge is -2.29. The van der Waals surface area contributed by atoms with Crippen LogP contribution in [0.1, 0.15) is 0 Å². The Balaban J connectivity index is 2.41. The molecule has 2 rings (SSSR count). The number of hydrogen-bond acceptors (Lipinski definition) is 2. The molecule has 1 N–H and O–H groups in total. The highest BCUT2D eigenvalue weighted by atomic mass is 19.1. The van der Waals surface area contributed by atoms with Crippen LogP contribution in [0.4, 0.5) is 15.8 Å². The van der Waals surface area contributed by atoms with Gasteiger partial charge in [-0.3, -0.25) is 4.79 Å². The number of amides is 1. The zero-order valence-electron chi connectivity index (χ0n) is 8.16. The number of anilines is 2. The van der Waals surface area contributed by atoms with Gasteiger partial charge in [-0.25, -0.2) is 4.39 Å². The number of nitrogens with zero attached hydrogens (tertiary/aromatic N) is 1. The molecule has 3 nitrogen and oxygen atoms in total. The van der Waals surface area contributed by atoms with E-state index in [1.807, 2.05) is 4.90 Å². The Morgan fingerprint density at radius 2 is 2.40 bits per heavy atom. The molecule has 0 radical (unpaired) electrons. The Labute approximate surface area is 87.2 Å². The highest BCUT2D eigenvalue weighted by Gasteiger charge is 2.20. The SMILES string of the molecule is C=CCN1CC(=O)Nc2cc(F)ccc21. The summed E-state index contributed by atoms with van der Waals surface area (Å²) < 4.78 is 12.9. The van der Waals surface area contributed by atoms with Gasteiger partial charge in [0.1, 0.15) is 5.82 Å². The summed E-state index contributed by atoms with van der Waals surface area (Å²) in [6.07, 6.45) is 1.71. The number of carbonyl (C=O) groups is 1. The molecule has 0 saturated heterocycles. The highest BCUT2D eigenvalue weighted by molar-refractivity contribution is 6.01. The Morgan fingerprint density at radius 1 is 1.60 bits per heavy atom. The van der Waals surface area contributed by atoms with Crippen LogP contribution in [0.25, 0.3) is 0 Å². The van der Waals surface area contributed by atoms with E-state index in [1.165, 1.54) is 12.1 Å². The molecule has 0 aromatic heterocycles. The first kappa shape index (κ1) is 9.71. The normalized spacial score (nSPS) is 14.5. The third kappa shape index (κ3) is 1.83. The summed E-state index contributed by atoms with van der Waals surface area (Å²) in [6.45, 7) is 4.48. The van der Waals surface area contributed by atoms with E-state index in [4.69, 9.17) is 0 Å². The lowest BCUT2D eigenvalue weighted by Crippen LogP contribution is -2.38. The molecule has 0 saturated carbocycles. The topological polar surface area (TPSA) is 32.3 Å². The maximum atomic E-state index is 12.9. The van der Waals surface area contributed by atoms with E-state index in [0.29, 0.717) is 12.2 Å². The van der Waals surface area contributed by atoms with Crippen molar-refractivity contribution in [2.75, 3.05) is 23.3 Å². The van der Waals surface area contributed by atoms with E-state index in [0.717, 1.165) is 5.69 Å². The molecule has 1 aromatic carbocycles. The van der Waals surface area contributed by atoms with Gasteiger partial charge in [0.25, 0.3) is 0 Å². The Bertz CT molecular complexity index is 417. The van der Waals surface area contributed by atoms with Gasteiger partial charge in [-0.05, 0) is 18.2 Å². The largest absolute Gasteiger partial charge is 0.357 e. The molecular weight excluding hydrogens is 195 g/mol. The van der Waals surface area contributed by atoms with E-state index in [2.05, 4.69) is 11.9 Å². The summed E-state index contributed by atoms with van der Waals surface area (Å²) >= 11 is 0.